The van der Waals surface area contributed by atoms with Gasteiger partial charge in [-0.1, -0.05) is 29.2 Å². The zero-order valence-electron chi connectivity index (χ0n) is 19.6. The highest BCUT2D eigenvalue weighted by Crippen LogP contribution is 2.33. The number of nitrogens with zero attached hydrogens (tertiary/aromatic N) is 2. The Kier molecular flexibility index (Phi) is 5.77. The minimum Gasteiger partial charge on any atom is -0.357 e. The van der Waals surface area contributed by atoms with Crippen LogP contribution < -0.4 is 9.61 Å². The molecule has 9 heteroatoms. The first-order valence-electron chi connectivity index (χ1n) is 11.4. The van der Waals surface area contributed by atoms with Crippen molar-refractivity contribution in [3.05, 3.63) is 70.1 Å². The molecule has 0 amide bonds. The topological polar surface area (TPSA) is 94.1 Å². The van der Waals surface area contributed by atoms with Gasteiger partial charge in [0.2, 0.25) is 0 Å². The summed E-state index contributed by atoms with van der Waals surface area (Å²) in [5.74, 6) is 2.39. The van der Waals surface area contributed by atoms with Crippen molar-refractivity contribution in [3.8, 4) is 29.2 Å². The van der Waals surface area contributed by atoms with Crippen LogP contribution in [0.15, 0.2) is 53.6 Å². The number of unbranched alkanes of at least 4 members (excludes halogenated alkanes) is 1. The third-order valence-electron chi connectivity index (χ3n) is 6.28. The lowest BCUT2D eigenvalue weighted by molar-refractivity contribution is 0.439. The van der Waals surface area contributed by atoms with E-state index in [9.17, 15) is 17.1 Å². The lowest BCUT2D eigenvalue weighted by atomic mass is 9.98. The maximum Gasteiger partial charge on any atom is 0.488 e. The number of aromatic nitrogens is 3. The number of rotatable bonds is 6. The zero-order valence-corrected chi connectivity index (χ0v) is 20.4. The van der Waals surface area contributed by atoms with E-state index in [4.69, 9.17) is 6.42 Å². The van der Waals surface area contributed by atoms with E-state index >= 15 is 0 Å². The van der Waals surface area contributed by atoms with Crippen LogP contribution in [0.1, 0.15) is 30.9 Å². The van der Waals surface area contributed by atoms with Crippen LogP contribution in [0.25, 0.3) is 44.0 Å². The standard InChI is InChI=1S/C27H22FN3O4S/c1-4-6-9-31-24-13-21(18-12-19(15-29-14-18)35-36(28,33)34)16(3)10-22(24)26(32)25-20-8-7-17(5-2)11-23(20)30-27(25)31/h2,7-8,10-15,30H,4,6,9H2,1,3H3. The van der Waals surface area contributed by atoms with Gasteiger partial charge in [-0.15, -0.1) is 6.42 Å². The second-order valence-corrected chi connectivity index (χ2v) is 9.61. The van der Waals surface area contributed by atoms with Gasteiger partial charge in [0.15, 0.2) is 11.2 Å². The minimum absolute atomic E-state index is 0.0964. The molecule has 0 aliphatic heterocycles. The Bertz CT molecular complexity index is 1880. The fraction of sp³-hybridized carbons (Fsp3) is 0.185. The molecule has 2 aromatic carbocycles. The molecule has 1 N–H and O–H groups in total. The molecule has 0 spiro atoms. The molecule has 0 atom stereocenters. The predicted octanol–water partition coefficient (Wildman–Crippen LogP) is 5.38. The molecule has 5 rings (SSSR count). The highest BCUT2D eigenvalue weighted by atomic mass is 32.3. The first-order chi connectivity index (χ1) is 17.2. The largest absolute Gasteiger partial charge is 0.488 e. The lowest BCUT2D eigenvalue weighted by Gasteiger charge is -2.16. The van der Waals surface area contributed by atoms with Crippen LogP contribution in [0.3, 0.4) is 0 Å². The average Bonchev–Trinajstić information content (AvgIpc) is 3.22. The Morgan fingerprint density at radius 1 is 1.17 bits per heavy atom. The van der Waals surface area contributed by atoms with Crippen molar-refractivity contribution in [2.75, 3.05) is 0 Å². The molecule has 36 heavy (non-hydrogen) atoms. The smallest absolute Gasteiger partial charge is 0.357 e. The number of terminal acetylenes is 1. The highest BCUT2D eigenvalue weighted by molar-refractivity contribution is 7.81. The number of nitrogens with one attached hydrogen (secondary N) is 1. The summed E-state index contributed by atoms with van der Waals surface area (Å²) in [5.41, 5.74) is 4.85. The summed E-state index contributed by atoms with van der Waals surface area (Å²) in [6.45, 7) is 4.61. The molecule has 0 aliphatic rings. The van der Waals surface area contributed by atoms with Gasteiger partial charge in [-0.25, -0.2) is 0 Å². The van der Waals surface area contributed by atoms with Crippen molar-refractivity contribution in [1.29, 1.82) is 0 Å². The lowest BCUT2D eigenvalue weighted by Crippen LogP contribution is -2.12. The number of halogens is 1. The van der Waals surface area contributed by atoms with E-state index in [0.717, 1.165) is 41.0 Å². The van der Waals surface area contributed by atoms with Gasteiger partial charge in [0, 0.05) is 40.2 Å². The number of hydrogen-bond acceptors (Lipinski definition) is 5. The van der Waals surface area contributed by atoms with Crippen LogP contribution in [-0.2, 0) is 17.0 Å². The van der Waals surface area contributed by atoms with Gasteiger partial charge < -0.3 is 13.7 Å². The summed E-state index contributed by atoms with van der Waals surface area (Å²) in [4.78, 5) is 21.1. The average molecular weight is 504 g/mol. The number of benzene rings is 2. The first-order valence-corrected chi connectivity index (χ1v) is 12.7. The second-order valence-electron chi connectivity index (χ2n) is 8.66. The highest BCUT2D eigenvalue weighted by Gasteiger charge is 2.19. The van der Waals surface area contributed by atoms with Gasteiger partial charge in [-0.3, -0.25) is 9.78 Å². The van der Waals surface area contributed by atoms with Crippen molar-refractivity contribution in [1.82, 2.24) is 14.5 Å². The van der Waals surface area contributed by atoms with Crippen LogP contribution in [-0.4, -0.2) is 23.0 Å². The molecular weight excluding hydrogens is 481 g/mol. The molecule has 0 fully saturated rings. The summed E-state index contributed by atoms with van der Waals surface area (Å²) in [5, 5.41) is 1.98. The van der Waals surface area contributed by atoms with E-state index in [1.54, 1.807) is 0 Å². The number of hydrogen-bond donors (Lipinski definition) is 1. The third-order valence-corrected chi connectivity index (χ3v) is 6.67. The quantitative estimate of drug-likeness (QED) is 0.248. The Hall–Kier alpha value is -4.16. The number of fused-ring (bicyclic) bond motifs is 4. The summed E-state index contributed by atoms with van der Waals surface area (Å²) >= 11 is 0. The predicted molar refractivity (Wildman–Crippen MR) is 139 cm³/mol. The van der Waals surface area contributed by atoms with Gasteiger partial charge in [0.1, 0.15) is 5.65 Å². The van der Waals surface area contributed by atoms with Crippen molar-refractivity contribution in [3.63, 3.8) is 0 Å². The Labute approximate surface area is 207 Å². The first kappa shape index (κ1) is 23.6. The number of pyridine rings is 2. The minimum atomic E-state index is -5.19. The van der Waals surface area contributed by atoms with E-state index in [1.807, 2.05) is 37.3 Å². The van der Waals surface area contributed by atoms with Gasteiger partial charge in [0.25, 0.3) is 0 Å². The summed E-state index contributed by atoms with van der Waals surface area (Å²) in [6.07, 6.45) is 10.1. The van der Waals surface area contributed by atoms with Gasteiger partial charge in [-0.05, 0) is 54.8 Å². The Balaban J connectivity index is 1.82. The van der Waals surface area contributed by atoms with Crippen LogP contribution >= 0.6 is 0 Å². The zero-order chi connectivity index (χ0) is 25.6. The molecule has 0 radical (unpaired) electrons. The molecule has 0 aliphatic carbocycles. The van der Waals surface area contributed by atoms with Gasteiger partial charge in [-0.2, -0.15) is 8.42 Å². The van der Waals surface area contributed by atoms with Crippen molar-refractivity contribution in [2.24, 2.45) is 0 Å². The Morgan fingerprint density at radius 3 is 2.69 bits per heavy atom. The van der Waals surface area contributed by atoms with Crippen LogP contribution in [0.2, 0.25) is 0 Å². The van der Waals surface area contributed by atoms with Crippen LogP contribution in [0, 0.1) is 19.3 Å². The van der Waals surface area contributed by atoms with E-state index in [2.05, 4.69) is 31.6 Å². The van der Waals surface area contributed by atoms with Gasteiger partial charge in [0.05, 0.1) is 17.1 Å². The molecule has 0 saturated carbocycles. The van der Waals surface area contributed by atoms with Crippen molar-refractivity contribution in [2.45, 2.75) is 33.2 Å². The normalized spacial score (nSPS) is 11.8. The molecule has 5 aromatic rings. The monoisotopic (exact) mass is 503 g/mol. The molecule has 3 aromatic heterocycles. The number of H-pyrrole nitrogens is 1. The van der Waals surface area contributed by atoms with E-state index in [1.165, 1.54) is 12.3 Å². The van der Waals surface area contributed by atoms with Crippen molar-refractivity contribution < 1.29 is 16.5 Å². The summed E-state index contributed by atoms with van der Waals surface area (Å²) in [6, 6.07) is 10.7. The van der Waals surface area contributed by atoms with Crippen LogP contribution in [0.4, 0.5) is 3.89 Å². The molecule has 0 unspecified atom stereocenters. The Morgan fingerprint density at radius 2 is 1.97 bits per heavy atom. The molecule has 182 valence electrons. The summed E-state index contributed by atoms with van der Waals surface area (Å²) in [7, 11) is -5.19. The number of aromatic amines is 1. The maximum atomic E-state index is 13.7. The molecule has 0 saturated heterocycles. The summed E-state index contributed by atoms with van der Waals surface area (Å²) < 4.78 is 41.4. The van der Waals surface area contributed by atoms with Crippen LogP contribution in [0.5, 0.6) is 5.75 Å². The van der Waals surface area contributed by atoms with E-state index < -0.39 is 10.5 Å². The maximum absolute atomic E-state index is 13.7. The third kappa shape index (κ3) is 4.10. The van der Waals surface area contributed by atoms with E-state index in [-0.39, 0.29) is 11.2 Å². The number of aryl methyl sites for hydroxylation is 2. The van der Waals surface area contributed by atoms with Crippen molar-refractivity contribution >= 4 is 43.3 Å². The molecule has 3 heterocycles. The molecule has 7 nitrogen and oxygen atoms in total. The fourth-order valence-electron chi connectivity index (χ4n) is 4.65. The van der Waals surface area contributed by atoms with Gasteiger partial charge >= 0.3 is 10.5 Å². The second kappa shape index (κ2) is 8.81. The molecule has 0 bridgehead atoms. The van der Waals surface area contributed by atoms with E-state index in [0.29, 0.717) is 39.7 Å². The SMILES string of the molecule is C#Cc1ccc2c(c1)[nH]c1c2c(=O)c2cc(C)c(-c3cncc(OS(=O)(=O)F)c3)cc2n1CCCC. The molecular formula is C27H22FN3O4S. The fourth-order valence-corrected chi connectivity index (χ4v) is 4.97.